The number of pyridine rings is 1. The van der Waals surface area contributed by atoms with Gasteiger partial charge in [0.25, 0.3) is 11.2 Å². The molecule has 1 aliphatic rings. The van der Waals surface area contributed by atoms with Crippen LogP contribution in [0.25, 0.3) is 0 Å². The molecule has 0 N–H and O–H groups in total. The third kappa shape index (κ3) is 3.42. The summed E-state index contributed by atoms with van der Waals surface area (Å²) in [6, 6.07) is 2.54. The molecule has 6 heteroatoms. The number of hydrogen-bond acceptors (Lipinski definition) is 4. The largest absolute Gasteiger partial charge is 0.308 e. The van der Waals surface area contributed by atoms with Crippen molar-refractivity contribution < 1.29 is 4.92 Å². The van der Waals surface area contributed by atoms with E-state index in [4.69, 9.17) is 0 Å². The summed E-state index contributed by atoms with van der Waals surface area (Å²) in [5.74, 6) is 0.710. The van der Waals surface area contributed by atoms with Crippen molar-refractivity contribution in [1.29, 1.82) is 0 Å². The lowest BCUT2D eigenvalue weighted by atomic mass is 9.82. The Balaban J connectivity index is 2.28. The number of aromatic nitrogens is 1. The molecule has 0 radical (unpaired) electrons. The van der Waals surface area contributed by atoms with Crippen molar-refractivity contribution in [2.24, 2.45) is 5.41 Å². The molecule has 2 rings (SSSR count). The number of thiol groups is 1. The van der Waals surface area contributed by atoms with Crippen molar-refractivity contribution in [2.75, 3.05) is 5.75 Å². The highest BCUT2D eigenvalue weighted by Gasteiger charge is 2.30. The normalized spacial score (nSPS) is 18.4. The van der Waals surface area contributed by atoms with Crippen LogP contribution in [0, 0.1) is 15.5 Å². The first-order valence-corrected chi connectivity index (χ1v) is 7.65. The van der Waals surface area contributed by atoms with E-state index in [2.05, 4.69) is 12.6 Å². The molecular weight excluding hydrogens is 276 g/mol. The Morgan fingerprint density at radius 1 is 1.25 bits per heavy atom. The van der Waals surface area contributed by atoms with Gasteiger partial charge in [0.15, 0.2) is 0 Å². The number of nitrogens with zero attached hydrogens (tertiary/aromatic N) is 2. The van der Waals surface area contributed by atoms with E-state index in [1.54, 1.807) is 0 Å². The molecule has 0 aliphatic heterocycles. The fourth-order valence-corrected chi connectivity index (χ4v) is 3.37. The highest BCUT2D eigenvalue weighted by Crippen LogP contribution is 2.37. The molecule has 110 valence electrons. The van der Waals surface area contributed by atoms with Crippen LogP contribution in [0.4, 0.5) is 5.69 Å². The monoisotopic (exact) mass is 296 g/mol. The first kappa shape index (κ1) is 15.1. The van der Waals surface area contributed by atoms with Gasteiger partial charge in [-0.25, -0.2) is 0 Å². The molecule has 0 amide bonds. The van der Waals surface area contributed by atoms with E-state index in [1.807, 2.05) is 0 Å². The van der Waals surface area contributed by atoms with Crippen LogP contribution in [0.5, 0.6) is 0 Å². The van der Waals surface area contributed by atoms with Gasteiger partial charge < -0.3 is 4.57 Å². The molecule has 1 aromatic heterocycles. The molecule has 0 unspecified atom stereocenters. The zero-order valence-electron chi connectivity index (χ0n) is 11.5. The molecule has 0 bridgehead atoms. The zero-order chi connectivity index (χ0) is 14.6. The first-order chi connectivity index (χ1) is 9.56. The van der Waals surface area contributed by atoms with Gasteiger partial charge in [0.2, 0.25) is 0 Å². The third-order valence-electron chi connectivity index (χ3n) is 4.18. The summed E-state index contributed by atoms with van der Waals surface area (Å²) in [6.45, 7) is 0.525. The lowest BCUT2D eigenvalue weighted by Crippen LogP contribution is -2.33. The van der Waals surface area contributed by atoms with E-state index < -0.39 is 4.92 Å². The van der Waals surface area contributed by atoms with Gasteiger partial charge in [0.05, 0.1) is 11.1 Å². The summed E-state index contributed by atoms with van der Waals surface area (Å²) in [7, 11) is 0. The van der Waals surface area contributed by atoms with Crippen LogP contribution in [0.1, 0.15) is 38.5 Å². The number of rotatable bonds is 4. The molecule has 0 atom stereocenters. The van der Waals surface area contributed by atoms with Crippen molar-refractivity contribution >= 4 is 18.3 Å². The Bertz CT molecular complexity index is 533. The predicted molar refractivity (Wildman–Crippen MR) is 81.3 cm³/mol. The fraction of sp³-hybridized carbons (Fsp3) is 0.643. The van der Waals surface area contributed by atoms with Crippen LogP contribution >= 0.6 is 12.6 Å². The second kappa shape index (κ2) is 6.43. The van der Waals surface area contributed by atoms with Crippen LogP contribution in [0.2, 0.25) is 0 Å². The van der Waals surface area contributed by atoms with Crippen LogP contribution in [0.15, 0.2) is 23.1 Å². The summed E-state index contributed by atoms with van der Waals surface area (Å²) >= 11 is 4.48. The molecule has 1 heterocycles. The maximum Gasteiger partial charge on any atom is 0.285 e. The Hall–Kier alpha value is -1.30. The van der Waals surface area contributed by atoms with Crippen LogP contribution in [-0.2, 0) is 6.54 Å². The summed E-state index contributed by atoms with van der Waals surface area (Å²) < 4.78 is 1.49. The van der Waals surface area contributed by atoms with Gasteiger partial charge in [0.1, 0.15) is 0 Å². The molecular formula is C14H20N2O3S. The SMILES string of the molecule is O=c1ccc([N+](=O)[O-])cn1CC1(CS)CCCCCC1. The van der Waals surface area contributed by atoms with Crippen molar-refractivity contribution in [2.45, 2.75) is 45.1 Å². The fourth-order valence-electron chi connectivity index (χ4n) is 2.96. The zero-order valence-corrected chi connectivity index (χ0v) is 12.3. The van der Waals surface area contributed by atoms with E-state index >= 15 is 0 Å². The third-order valence-corrected chi connectivity index (χ3v) is 4.85. The van der Waals surface area contributed by atoms with Gasteiger partial charge in [-0.15, -0.1) is 0 Å². The van der Waals surface area contributed by atoms with Crippen LogP contribution in [0.3, 0.4) is 0 Å². The lowest BCUT2D eigenvalue weighted by Gasteiger charge is -2.31. The Kier molecular flexibility index (Phi) is 4.86. The van der Waals surface area contributed by atoms with Crippen molar-refractivity contribution in [1.82, 2.24) is 4.57 Å². The first-order valence-electron chi connectivity index (χ1n) is 7.02. The minimum atomic E-state index is -0.462. The van der Waals surface area contributed by atoms with Gasteiger partial charge in [-0.05, 0) is 24.0 Å². The number of nitro groups is 1. The van der Waals surface area contributed by atoms with E-state index in [-0.39, 0.29) is 16.7 Å². The molecule has 20 heavy (non-hydrogen) atoms. The molecule has 1 aliphatic carbocycles. The van der Waals surface area contributed by atoms with E-state index in [9.17, 15) is 14.9 Å². The topological polar surface area (TPSA) is 65.1 Å². The number of hydrogen-bond donors (Lipinski definition) is 1. The molecule has 0 spiro atoms. The van der Waals surface area contributed by atoms with E-state index in [0.717, 1.165) is 25.7 Å². The molecule has 1 aromatic rings. The van der Waals surface area contributed by atoms with Gasteiger partial charge >= 0.3 is 0 Å². The van der Waals surface area contributed by atoms with E-state index in [0.29, 0.717) is 12.3 Å². The maximum absolute atomic E-state index is 11.9. The standard InChI is InChI=1S/C14H20N2O3S/c17-13-6-5-12(16(18)19)9-15(13)10-14(11-20)7-3-1-2-4-8-14/h5-6,9,20H,1-4,7-8,10-11H2. The highest BCUT2D eigenvalue weighted by molar-refractivity contribution is 7.80. The minimum Gasteiger partial charge on any atom is -0.308 e. The Morgan fingerprint density at radius 2 is 1.90 bits per heavy atom. The molecule has 1 saturated carbocycles. The van der Waals surface area contributed by atoms with Crippen LogP contribution in [-0.4, -0.2) is 15.2 Å². The smallest absolute Gasteiger partial charge is 0.285 e. The second-order valence-corrected chi connectivity index (χ2v) is 6.00. The quantitative estimate of drug-likeness (QED) is 0.402. The van der Waals surface area contributed by atoms with Crippen molar-refractivity contribution in [3.8, 4) is 0 Å². The average Bonchev–Trinajstić information content (AvgIpc) is 2.67. The Morgan fingerprint density at radius 3 is 2.45 bits per heavy atom. The van der Waals surface area contributed by atoms with Gasteiger partial charge in [-0.3, -0.25) is 14.9 Å². The molecule has 5 nitrogen and oxygen atoms in total. The summed E-state index contributed by atoms with van der Waals surface area (Å²) in [4.78, 5) is 22.3. The Labute approximate surface area is 123 Å². The van der Waals surface area contributed by atoms with Crippen LogP contribution < -0.4 is 5.56 Å². The average molecular weight is 296 g/mol. The summed E-state index contributed by atoms with van der Waals surface area (Å²) in [5, 5.41) is 10.8. The van der Waals surface area contributed by atoms with Gasteiger partial charge in [-0.2, -0.15) is 12.6 Å². The molecule has 1 fully saturated rings. The lowest BCUT2D eigenvalue weighted by molar-refractivity contribution is -0.385. The van der Waals surface area contributed by atoms with Crippen molar-refractivity contribution in [3.05, 3.63) is 38.8 Å². The highest BCUT2D eigenvalue weighted by atomic mass is 32.1. The van der Waals surface area contributed by atoms with Gasteiger partial charge in [-0.1, -0.05) is 25.7 Å². The molecule has 0 saturated heterocycles. The van der Waals surface area contributed by atoms with Crippen molar-refractivity contribution in [3.63, 3.8) is 0 Å². The predicted octanol–water partition coefficient (Wildman–Crippen LogP) is 3.03. The second-order valence-electron chi connectivity index (χ2n) is 5.68. The van der Waals surface area contributed by atoms with Gasteiger partial charge in [0, 0.05) is 18.7 Å². The summed E-state index contributed by atoms with van der Waals surface area (Å²) in [5.41, 5.74) is -0.230. The van der Waals surface area contributed by atoms with E-state index in [1.165, 1.54) is 35.7 Å². The molecule has 0 aromatic carbocycles. The summed E-state index contributed by atoms with van der Waals surface area (Å²) in [6.07, 6.45) is 8.16. The maximum atomic E-state index is 11.9. The minimum absolute atomic E-state index is 0.0152.